The average molecular weight is 249 g/mol. The number of nitrogens with zero attached hydrogens (tertiary/aromatic N) is 1. The van der Waals surface area contributed by atoms with Crippen LogP contribution in [0.1, 0.15) is 25.5 Å². The Morgan fingerprint density at radius 3 is 3.11 bits per heavy atom. The lowest BCUT2D eigenvalue weighted by Crippen LogP contribution is -2.29. The second-order valence-corrected chi connectivity index (χ2v) is 4.90. The van der Waals surface area contributed by atoms with Crippen molar-refractivity contribution in [2.45, 2.75) is 32.3 Å². The fourth-order valence-electron chi connectivity index (χ4n) is 2.47. The third-order valence-electron chi connectivity index (χ3n) is 3.56. The number of pyridine rings is 1. The van der Waals surface area contributed by atoms with E-state index in [1.165, 1.54) is 6.42 Å². The number of aromatic nitrogens is 1. The van der Waals surface area contributed by atoms with E-state index >= 15 is 0 Å². The lowest BCUT2D eigenvalue weighted by Gasteiger charge is -2.17. The molecule has 0 saturated carbocycles. The molecular formula is C14H23N3O. The minimum atomic E-state index is 0.451. The largest absolute Gasteiger partial charge is 0.397 e. The number of nitrogen functional groups attached to an aromatic ring is 1. The van der Waals surface area contributed by atoms with Crippen LogP contribution in [0.2, 0.25) is 0 Å². The fourth-order valence-corrected chi connectivity index (χ4v) is 2.47. The summed E-state index contributed by atoms with van der Waals surface area (Å²) in [6.45, 7) is 5.13. The van der Waals surface area contributed by atoms with Gasteiger partial charge in [0.15, 0.2) is 0 Å². The Labute approximate surface area is 109 Å². The SMILES string of the molecule is CCC1OCCC1CNCCc1ccc(N)cn1. The van der Waals surface area contributed by atoms with Gasteiger partial charge in [-0.2, -0.15) is 0 Å². The molecule has 100 valence electrons. The lowest BCUT2D eigenvalue weighted by molar-refractivity contribution is 0.0873. The normalized spacial score (nSPS) is 23.4. The van der Waals surface area contributed by atoms with Crippen LogP contribution in [0.15, 0.2) is 18.3 Å². The van der Waals surface area contributed by atoms with Crippen LogP contribution in [0.5, 0.6) is 0 Å². The van der Waals surface area contributed by atoms with Crippen LogP contribution in [0, 0.1) is 5.92 Å². The van der Waals surface area contributed by atoms with E-state index in [1.807, 2.05) is 12.1 Å². The Morgan fingerprint density at radius 2 is 2.39 bits per heavy atom. The molecule has 0 radical (unpaired) electrons. The Kier molecular flexibility index (Phi) is 4.96. The summed E-state index contributed by atoms with van der Waals surface area (Å²) < 4.78 is 5.68. The summed E-state index contributed by atoms with van der Waals surface area (Å²) in [6, 6.07) is 3.89. The summed E-state index contributed by atoms with van der Waals surface area (Å²) in [7, 11) is 0. The van der Waals surface area contributed by atoms with E-state index in [4.69, 9.17) is 10.5 Å². The Bertz CT molecular complexity index is 353. The molecular weight excluding hydrogens is 226 g/mol. The Balaban J connectivity index is 1.65. The molecule has 1 fully saturated rings. The Hall–Kier alpha value is -1.13. The van der Waals surface area contributed by atoms with Crippen molar-refractivity contribution >= 4 is 5.69 Å². The maximum atomic E-state index is 5.68. The van der Waals surface area contributed by atoms with E-state index in [0.29, 0.717) is 12.0 Å². The number of hydrogen-bond acceptors (Lipinski definition) is 4. The first-order chi connectivity index (χ1) is 8.79. The van der Waals surface area contributed by atoms with Crippen LogP contribution in [-0.4, -0.2) is 30.8 Å². The van der Waals surface area contributed by atoms with E-state index in [0.717, 1.165) is 43.9 Å². The second kappa shape index (κ2) is 6.71. The summed E-state index contributed by atoms with van der Waals surface area (Å²) in [5.41, 5.74) is 7.41. The van der Waals surface area contributed by atoms with Crippen molar-refractivity contribution in [3.05, 3.63) is 24.0 Å². The highest BCUT2D eigenvalue weighted by atomic mass is 16.5. The van der Waals surface area contributed by atoms with E-state index in [2.05, 4.69) is 17.2 Å². The molecule has 1 aliphatic rings. The number of nitrogens with one attached hydrogen (secondary N) is 1. The quantitative estimate of drug-likeness (QED) is 0.752. The van der Waals surface area contributed by atoms with Gasteiger partial charge in [0.2, 0.25) is 0 Å². The van der Waals surface area contributed by atoms with Crippen LogP contribution in [-0.2, 0) is 11.2 Å². The van der Waals surface area contributed by atoms with Gasteiger partial charge in [-0.15, -0.1) is 0 Å². The molecule has 18 heavy (non-hydrogen) atoms. The van der Waals surface area contributed by atoms with Gasteiger partial charge in [-0.3, -0.25) is 4.98 Å². The van der Waals surface area contributed by atoms with Crippen molar-refractivity contribution in [1.82, 2.24) is 10.3 Å². The molecule has 0 spiro atoms. The standard InChI is InChI=1S/C14H23N3O/c1-2-14-11(6-8-18-14)9-16-7-5-13-4-3-12(15)10-17-13/h3-4,10-11,14,16H,2,5-9,15H2,1H3. The number of nitrogens with two attached hydrogens (primary N) is 1. The van der Waals surface area contributed by atoms with Crippen molar-refractivity contribution in [1.29, 1.82) is 0 Å². The van der Waals surface area contributed by atoms with Gasteiger partial charge in [0.05, 0.1) is 18.0 Å². The second-order valence-electron chi connectivity index (χ2n) is 4.90. The predicted molar refractivity (Wildman–Crippen MR) is 73.4 cm³/mol. The topological polar surface area (TPSA) is 60.2 Å². The minimum absolute atomic E-state index is 0.451. The molecule has 1 aromatic rings. The average Bonchev–Trinajstić information content (AvgIpc) is 2.84. The summed E-state index contributed by atoms with van der Waals surface area (Å²) in [5.74, 6) is 0.675. The van der Waals surface area contributed by atoms with Crippen LogP contribution >= 0.6 is 0 Å². The van der Waals surface area contributed by atoms with Gasteiger partial charge >= 0.3 is 0 Å². The van der Waals surface area contributed by atoms with Crippen LogP contribution in [0.3, 0.4) is 0 Å². The molecule has 1 saturated heterocycles. The molecule has 3 N–H and O–H groups in total. The lowest BCUT2D eigenvalue weighted by atomic mass is 10.00. The number of rotatable bonds is 6. The molecule has 4 nitrogen and oxygen atoms in total. The van der Waals surface area contributed by atoms with Crippen molar-refractivity contribution in [3.63, 3.8) is 0 Å². The first-order valence-electron chi connectivity index (χ1n) is 6.82. The molecule has 0 bridgehead atoms. The number of hydrogen-bond donors (Lipinski definition) is 2. The molecule has 1 aliphatic heterocycles. The molecule has 4 heteroatoms. The molecule has 2 unspecified atom stereocenters. The molecule has 0 aliphatic carbocycles. The smallest absolute Gasteiger partial charge is 0.0613 e. The first-order valence-corrected chi connectivity index (χ1v) is 6.82. The highest BCUT2D eigenvalue weighted by Gasteiger charge is 2.25. The van der Waals surface area contributed by atoms with Gasteiger partial charge in [0, 0.05) is 31.8 Å². The van der Waals surface area contributed by atoms with E-state index in [-0.39, 0.29) is 0 Å². The summed E-state index contributed by atoms with van der Waals surface area (Å²) in [6.07, 6.45) is 5.42. The minimum Gasteiger partial charge on any atom is -0.397 e. The maximum Gasteiger partial charge on any atom is 0.0613 e. The van der Waals surface area contributed by atoms with Crippen LogP contribution in [0.4, 0.5) is 5.69 Å². The summed E-state index contributed by atoms with van der Waals surface area (Å²) >= 11 is 0. The predicted octanol–water partition coefficient (Wildman–Crippen LogP) is 1.61. The zero-order chi connectivity index (χ0) is 12.8. The van der Waals surface area contributed by atoms with E-state index in [9.17, 15) is 0 Å². The van der Waals surface area contributed by atoms with Gasteiger partial charge < -0.3 is 15.8 Å². The highest BCUT2D eigenvalue weighted by Crippen LogP contribution is 2.22. The van der Waals surface area contributed by atoms with Gasteiger partial charge in [-0.1, -0.05) is 6.92 Å². The molecule has 0 amide bonds. The van der Waals surface area contributed by atoms with Crippen molar-refractivity contribution in [2.24, 2.45) is 5.92 Å². The summed E-state index contributed by atoms with van der Waals surface area (Å²) in [5, 5.41) is 3.50. The zero-order valence-electron chi connectivity index (χ0n) is 11.1. The number of anilines is 1. The molecule has 2 heterocycles. The number of ether oxygens (including phenoxy) is 1. The maximum absolute atomic E-state index is 5.68. The Morgan fingerprint density at radius 1 is 1.50 bits per heavy atom. The molecule has 1 aromatic heterocycles. The van der Waals surface area contributed by atoms with Crippen LogP contribution < -0.4 is 11.1 Å². The van der Waals surface area contributed by atoms with E-state index in [1.54, 1.807) is 6.20 Å². The summed E-state index contributed by atoms with van der Waals surface area (Å²) in [4.78, 5) is 4.29. The third kappa shape index (κ3) is 3.68. The molecule has 0 aromatic carbocycles. The highest BCUT2D eigenvalue weighted by molar-refractivity contribution is 5.34. The molecule has 2 rings (SSSR count). The fraction of sp³-hybridized carbons (Fsp3) is 0.643. The van der Waals surface area contributed by atoms with Gasteiger partial charge in [-0.05, 0) is 30.9 Å². The van der Waals surface area contributed by atoms with Crippen LogP contribution in [0.25, 0.3) is 0 Å². The van der Waals surface area contributed by atoms with Gasteiger partial charge in [0.25, 0.3) is 0 Å². The molecule has 2 atom stereocenters. The van der Waals surface area contributed by atoms with Gasteiger partial charge in [0.1, 0.15) is 0 Å². The first kappa shape index (κ1) is 13.3. The van der Waals surface area contributed by atoms with Crippen molar-refractivity contribution in [3.8, 4) is 0 Å². The van der Waals surface area contributed by atoms with Gasteiger partial charge in [-0.25, -0.2) is 0 Å². The monoisotopic (exact) mass is 249 g/mol. The van der Waals surface area contributed by atoms with Crippen molar-refractivity contribution in [2.75, 3.05) is 25.4 Å². The van der Waals surface area contributed by atoms with Crippen molar-refractivity contribution < 1.29 is 4.74 Å². The zero-order valence-corrected chi connectivity index (χ0v) is 11.1. The van der Waals surface area contributed by atoms with E-state index < -0.39 is 0 Å². The third-order valence-corrected chi connectivity index (χ3v) is 3.56.